The van der Waals surface area contributed by atoms with Gasteiger partial charge in [0.1, 0.15) is 0 Å². The van der Waals surface area contributed by atoms with Crippen LogP contribution in [0.4, 0.5) is 11.6 Å². The molecule has 0 saturated carbocycles. The molecule has 0 saturated heterocycles. The fourth-order valence-electron chi connectivity index (χ4n) is 0.772. The Hall–Kier alpha value is -1.38. The van der Waals surface area contributed by atoms with Crippen molar-refractivity contribution in [3.63, 3.8) is 0 Å². The Bertz CT molecular complexity index is 240. The molecule has 10 heavy (non-hydrogen) atoms. The summed E-state index contributed by atoms with van der Waals surface area (Å²) in [6.45, 7) is 3.56. The average Bonchev–Trinajstić information content (AvgIpc) is 2.30. The summed E-state index contributed by atoms with van der Waals surface area (Å²) in [6.07, 6.45) is 1.61. The Morgan fingerprint density at radius 2 is 2.50 bits per heavy atom. The van der Waals surface area contributed by atoms with Crippen LogP contribution in [0.1, 0.15) is 5.76 Å². The van der Waals surface area contributed by atoms with Crippen LogP contribution >= 0.6 is 0 Å². The van der Waals surface area contributed by atoms with E-state index in [1.165, 1.54) is 0 Å². The number of hydrogen-bond donors (Lipinski definition) is 2. The van der Waals surface area contributed by atoms with Crippen molar-refractivity contribution < 1.29 is 4.42 Å². The van der Waals surface area contributed by atoms with Crippen LogP contribution in [0, 0.1) is 0 Å². The van der Waals surface area contributed by atoms with Crippen molar-refractivity contribution in [2.24, 2.45) is 0 Å². The maximum Gasteiger partial charge on any atom is 0.193 e. The highest BCUT2D eigenvalue weighted by Crippen LogP contribution is 2.22. The quantitative estimate of drug-likeness (QED) is 0.651. The van der Waals surface area contributed by atoms with Crippen molar-refractivity contribution >= 4 is 17.6 Å². The molecule has 0 aliphatic rings. The lowest BCUT2D eigenvalue weighted by Gasteiger charge is -1.92. The van der Waals surface area contributed by atoms with Crippen molar-refractivity contribution in [3.05, 3.63) is 18.4 Å². The molecular weight excluding hydrogens is 128 g/mol. The molecule has 3 N–H and O–H groups in total. The SMILES string of the molecule is C=Cc1oc(N)cc1NC. The van der Waals surface area contributed by atoms with Crippen LogP contribution in [0.15, 0.2) is 17.1 Å². The van der Waals surface area contributed by atoms with Gasteiger partial charge in [-0.05, 0) is 6.08 Å². The van der Waals surface area contributed by atoms with Gasteiger partial charge in [0.05, 0.1) is 5.69 Å². The van der Waals surface area contributed by atoms with Gasteiger partial charge in [0.25, 0.3) is 0 Å². The third-order valence-electron chi connectivity index (χ3n) is 1.23. The van der Waals surface area contributed by atoms with E-state index in [1.807, 2.05) is 0 Å². The third kappa shape index (κ3) is 0.978. The molecule has 3 heteroatoms. The zero-order valence-corrected chi connectivity index (χ0v) is 5.85. The lowest BCUT2D eigenvalue weighted by Crippen LogP contribution is -1.85. The van der Waals surface area contributed by atoms with E-state index >= 15 is 0 Å². The molecule has 0 bridgehead atoms. The topological polar surface area (TPSA) is 51.2 Å². The third-order valence-corrected chi connectivity index (χ3v) is 1.23. The maximum absolute atomic E-state index is 5.38. The zero-order valence-electron chi connectivity index (χ0n) is 5.85. The van der Waals surface area contributed by atoms with Gasteiger partial charge in [-0.1, -0.05) is 6.58 Å². The first kappa shape index (κ1) is 6.74. The second-order valence-electron chi connectivity index (χ2n) is 1.88. The molecule has 0 fully saturated rings. The Kier molecular flexibility index (Phi) is 1.67. The second kappa shape index (κ2) is 2.47. The number of furan rings is 1. The fourth-order valence-corrected chi connectivity index (χ4v) is 0.772. The molecule has 54 valence electrons. The number of nitrogens with two attached hydrogens (primary N) is 1. The summed E-state index contributed by atoms with van der Waals surface area (Å²) >= 11 is 0. The minimum Gasteiger partial charge on any atom is -0.439 e. The summed E-state index contributed by atoms with van der Waals surface area (Å²) in [5.41, 5.74) is 6.24. The van der Waals surface area contributed by atoms with E-state index in [1.54, 1.807) is 19.2 Å². The van der Waals surface area contributed by atoms with Crippen molar-refractivity contribution in [1.29, 1.82) is 0 Å². The molecule has 1 heterocycles. The first-order valence-electron chi connectivity index (χ1n) is 2.97. The van der Waals surface area contributed by atoms with Crippen molar-refractivity contribution in [2.45, 2.75) is 0 Å². The molecule has 1 rings (SSSR count). The smallest absolute Gasteiger partial charge is 0.193 e. The van der Waals surface area contributed by atoms with Gasteiger partial charge in [0.15, 0.2) is 11.6 Å². The molecular formula is C7H10N2O. The summed E-state index contributed by atoms with van der Waals surface area (Å²) in [6, 6.07) is 1.72. The van der Waals surface area contributed by atoms with Gasteiger partial charge >= 0.3 is 0 Å². The van der Waals surface area contributed by atoms with Gasteiger partial charge in [-0.15, -0.1) is 0 Å². The normalized spacial score (nSPS) is 9.30. The summed E-state index contributed by atoms with van der Waals surface area (Å²) in [7, 11) is 1.80. The monoisotopic (exact) mass is 138 g/mol. The van der Waals surface area contributed by atoms with Gasteiger partial charge in [-0.25, -0.2) is 0 Å². The zero-order chi connectivity index (χ0) is 7.56. The molecule has 0 spiro atoms. The summed E-state index contributed by atoms with van der Waals surface area (Å²) in [5.74, 6) is 1.08. The molecule has 0 radical (unpaired) electrons. The fraction of sp³-hybridized carbons (Fsp3) is 0.143. The van der Waals surface area contributed by atoms with Crippen LogP contribution in [0.3, 0.4) is 0 Å². The molecule has 0 aliphatic heterocycles. The number of rotatable bonds is 2. The lowest BCUT2D eigenvalue weighted by molar-refractivity contribution is 0.578. The Labute approximate surface area is 59.5 Å². The highest BCUT2D eigenvalue weighted by atomic mass is 16.4. The maximum atomic E-state index is 5.38. The molecule has 0 amide bonds. The van der Waals surface area contributed by atoms with Crippen molar-refractivity contribution in [2.75, 3.05) is 18.1 Å². The molecule has 0 atom stereocenters. The minimum atomic E-state index is 0.402. The van der Waals surface area contributed by atoms with Crippen LogP contribution in [-0.2, 0) is 0 Å². The van der Waals surface area contributed by atoms with Crippen molar-refractivity contribution in [1.82, 2.24) is 0 Å². The highest BCUT2D eigenvalue weighted by molar-refractivity contribution is 5.64. The molecule has 1 aromatic heterocycles. The second-order valence-corrected chi connectivity index (χ2v) is 1.88. The van der Waals surface area contributed by atoms with E-state index < -0.39 is 0 Å². The minimum absolute atomic E-state index is 0.402. The predicted octanol–water partition coefficient (Wildman–Crippen LogP) is 1.55. The number of nitrogen functional groups attached to an aromatic ring is 1. The first-order chi connectivity index (χ1) is 4.77. The molecule has 0 unspecified atom stereocenters. The Balaban J connectivity index is 3.08. The van der Waals surface area contributed by atoms with E-state index in [2.05, 4.69) is 11.9 Å². The average molecular weight is 138 g/mol. The van der Waals surface area contributed by atoms with Crippen LogP contribution < -0.4 is 11.1 Å². The van der Waals surface area contributed by atoms with Crippen LogP contribution in [0.5, 0.6) is 0 Å². The first-order valence-corrected chi connectivity index (χ1v) is 2.97. The van der Waals surface area contributed by atoms with E-state index in [0.717, 1.165) is 5.69 Å². The number of nitrogens with one attached hydrogen (secondary N) is 1. The Morgan fingerprint density at radius 3 is 2.90 bits per heavy atom. The van der Waals surface area contributed by atoms with E-state index in [-0.39, 0.29) is 0 Å². The van der Waals surface area contributed by atoms with Gasteiger partial charge in [0, 0.05) is 13.1 Å². The largest absolute Gasteiger partial charge is 0.439 e. The van der Waals surface area contributed by atoms with Crippen LogP contribution in [-0.4, -0.2) is 7.05 Å². The van der Waals surface area contributed by atoms with Crippen LogP contribution in [0.25, 0.3) is 6.08 Å². The molecule has 0 aliphatic carbocycles. The predicted molar refractivity (Wildman–Crippen MR) is 42.8 cm³/mol. The summed E-state index contributed by atoms with van der Waals surface area (Å²) < 4.78 is 5.05. The van der Waals surface area contributed by atoms with E-state index in [0.29, 0.717) is 11.6 Å². The van der Waals surface area contributed by atoms with E-state index in [4.69, 9.17) is 10.2 Å². The number of hydrogen-bond acceptors (Lipinski definition) is 3. The summed E-state index contributed by atoms with van der Waals surface area (Å²) in [5, 5.41) is 2.92. The van der Waals surface area contributed by atoms with Gasteiger partial charge < -0.3 is 15.5 Å². The summed E-state index contributed by atoms with van der Waals surface area (Å²) in [4.78, 5) is 0. The standard InChI is InChI=1S/C7H10N2O/c1-3-6-5(9-2)4-7(8)10-6/h3-4,9H,1,8H2,2H3. The lowest BCUT2D eigenvalue weighted by atomic mass is 10.4. The van der Waals surface area contributed by atoms with Gasteiger partial charge in [-0.3, -0.25) is 0 Å². The molecule has 1 aromatic rings. The van der Waals surface area contributed by atoms with Gasteiger partial charge in [0.2, 0.25) is 0 Å². The number of anilines is 2. The molecule has 3 nitrogen and oxygen atoms in total. The van der Waals surface area contributed by atoms with Gasteiger partial charge in [-0.2, -0.15) is 0 Å². The van der Waals surface area contributed by atoms with Crippen LogP contribution in [0.2, 0.25) is 0 Å². The highest BCUT2D eigenvalue weighted by Gasteiger charge is 2.02. The Morgan fingerprint density at radius 1 is 1.80 bits per heavy atom. The molecule has 0 aromatic carbocycles. The van der Waals surface area contributed by atoms with Crippen molar-refractivity contribution in [3.8, 4) is 0 Å². The van der Waals surface area contributed by atoms with E-state index in [9.17, 15) is 0 Å².